The number of esters is 1. The van der Waals surface area contributed by atoms with Crippen molar-refractivity contribution in [2.75, 3.05) is 19.0 Å². The lowest BCUT2D eigenvalue weighted by atomic mass is 9.95. The molecule has 0 aliphatic carbocycles. The summed E-state index contributed by atoms with van der Waals surface area (Å²) in [7, 11) is 1.24. The second-order valence-corrected chi connectivity index (χ2v) is 6.72. The van der Waals surface area contributed by atoms with Crippen LogP contribution in [0.3, 0.4) is 0 Å². The number of halogens is 2. The zero-order valence-electron chi connectivity index (χ0n) is 16.0. The van der Waals surface area contributed by atoms with Crippen molar-refractivity contribution >= 4 is 17.7 Å². The number of carbonyl (C=O) groups is 2. The molecule has 9 heteroatoms. The summed E-state index contributed by atoms with van der Waals surface area (Å²) in [4.78, 5) is 33.7. The number of rotatable bonds is 3. The van der Waals surface area contributed by atoms with Crippen LogP contribution in [0.5, 0.6) is 0 Å². The molecule has 2 aromatic carbocycles. The third-order valence-corrected chi connectivity index (χ3v) is 5.04. The van der Waals surface area contributed by atoms with Gasteiger partial charge in [-0.3, -0.25) is 0 Å². The number of carbonyl (C=O) groups excluding carboxylic acids is 2. The minimum absolute atomic E-state index is 0.000506. The minimum Gasteiger partial charge on any atom is -0.465 e. The Balaban J connectivity index is 1.72. The molecule has 1 aromatic heterocycles. The van der Waals surface area contributed by atoms with Gasteiger partial charge in [0.05, 0.1) is 30.4 Å². The van der Waals surface area contributed by atoms with E-state index in [9.17, 15) is 18.4 Å². The minimum atomic E-state index is -1.04. The Kier molecular flexibility index (Phi) is 5.18. The van der Waals surface area contributed by atoms with Crippen LogP contribution >= 0.6 is 0 Å². The summed E-state index contributed by atoms with van der Waals surface area (Å²) in [5.74, 6) is -2.65. The van der Waals surface area contributed by atoms with Crippen LogP contribution in [-0.2, 0) is 11.2 Å². The normalized spacial score (nSPS) is 15.4. The number of nitrogens with one attached hydrogen (secondary N) is 2. The molecule has 0 radical (unpaired) electrons. The summed E-state index contributed by atoms with van der Waals surface area (Å²) >= 11 is 0. The lowest BCUT2D eigenvalue weighted by Gasteiger charge is -2.35. The van der Waals surface area contributed by atoms with Crippen molar-refractivity contribution < 1.29 is 23.1 Å². The number of anilines is 1. The first-order chi connectivity index (χ1) is 14.5. The third-order valence-electron chi connectivity index (χ3n) is 5.04. The largest absolute Gasteiger partial charge is 0.465 e. The Morgan fingerprint density at radius 3 is 2.80 bits per heavy atom. The van der Waals surface area contributed by atoms with E-state index in [-0.39, 0.29) is 23.4 Å². The van der Waals surface area contributed by atoms with Crippen LogP contribution in [0.4, 0.5) is 19.3 Å². The smallest absolute Gasteiger partial charge is 0.339 e. The topological polar surface area (TPSA) is 87.3 Å². The number of para-hydroxylation sites is 1. The fourth-order valence-electron chi connectivity index (χ4n) is 3.61. The SMILES string of the molecule is COC(=O)c1ccccc1NC(=O)N1CCc2[nH]cnc2C1c1cccc(F)c1F. The van der Waals surface area contributed by atoms with Gasteiger partial charge < -0.3 is 19.9 Å². The van der Waals surface area contributed by atoms with E-state index < -0.39 is 29.7 Å². The molecule has 0 saturated heterocycles. The quantitative estimate of drug-likeness (QED) is 0.643. The molecule has 4 rings (SSSR count). The molecule has 1 aliphatic rings. The van der Waals surface area contributed by atoms with Crippen molar-refractivity contribution in [3.05, 3.63) is 82.9 Å². The number of aromatic amines is 1. The van der Waals surface area contributed by atoms with Crippen LogP contribution < -0.4 is 5.32 Å². The van der Waals surface area contributed by atoms with E-state index in [4.69, 9.17) is 4.74 Å². The molecule has 3 aromatic rings. The summed E-state index contributed by atoms with van der Waals surface area (Å²) in [6, 6.07) is 8.71. The highest BCUT2D eigenvalue weighted by Crippen LogP contribution is 2.35. The maximum Gasteiger partial charge on any atom is 0.339 e. The average Bonchev–Trinajstić information content (AvgIpc) is 3.24. The maximum atomic E-state index is 14.6. The van der Waals surface area contributed by atoms with Crippen molar-refractivity contribution in [3.63, 3.8) is 0 Å². The maximum absolute atomic E-state index is 14.6. The monoisotopic (exact) mass is 412 g/mol. The molecule has 1 atom stereocenters. The Labute approximate surface area is 170 Å². The number of nitrogens with zero attached hydrogens (tertiary/aromatic N) is 2. The van der Waals surface area contributed by atoms with Crippen LogP contribution in [0.25, 0.3) is 0 Å². The van der Waals surface area contributed by atoms with Crippen molar-refractivity contribution in [3.8, 4) is 0 Å². The van der Waals surface area contributed by atoms with Crippen LogP contribution in [0.1, 0.15) is 33.4 Å². The molecule has 0 bridgehead atoms. The second-order valence-electron chi connectivity index (χ2n) is 6.72. The van der Waals surface area contributed by atoms with Gasteiger partial charge in [0.25, 0.3) is 0 Å². The summed E-state index contributed by atoms with van der Waals surface area (Å²) in [6.07, 6.45) is 1.93. The highest BCUT2D eigenvalue weighted by atomic mass is 19.2. The van der Waals surface area contributed by atoms with Crippen molar-refractivity contribution in [2.24, 2.45) is 0 Å². The van der Waals surface area contributed by atoms with Gasteiger partial charge in [-0.05, 0) is 18.2 Å². The van der Waals surface area contributed by atoms with Gasteiger partial charge >= 0.3 is 12.0 Å². The first-order valence-electron chi connectivity index (χ1n) is 9.22. The standard InChI is InChI=1S/C21H18F2N4O3/c1-30-20(28)12-5-2-3-8-15(12)26-21(29)27-10-9-16-18(25-11-24-16)19(27)13-6-4-7-14(22)17(13)23/h2-8,11,19H,9-10H2,1H3,(H,24,25)(H,26,29). The number of fused-ring (bicyclic) bond motifs is 1. The number of imidazole rings is 1. The highest BCUT2D eigenvalue weighted by molar-refractivity contribution is 6.01. The molecule has 0 saturated carbocycles. The molecule has 0 fully saturated rings. The predicted octanol–water partition coefficient (Wildman–Crippen LogP) is 3.65. The van der Waals surface area contributed by atoms with Crippen LogP contribution in [-0.4, -0.2) is 40.5 Å². The molecule has 154 valence electrons. The van der Waals surface area contributed by atoms with Crippen LogP contribution in [0, 0.1) is 11.6 Å². The van der Waals surface area contributed by atoms with Crippen molar-refractivity contribution in [1.29, 1.82) is 0 Å². The summed E-state index contributed by atoms with van der Waals surface area (Å²) < 4.78 is 33.3. The molecule has 30 heavy (non-hydrogen) atoms. The fourth-order valence-corrected chi connectivity index (χ4v) is 3.61. The number of methoxy groups -OCH3 is 1. The molecular formula is C21H18F2N4O3. The Morgan fingerprint density at radius 2 is 2.00 bits per heavy atom. The number of H-pyrrole nitrogens is 1. The Hall–Kier alpha value is -3.75. The van der Waals surface area contributed by atoms with Crippen molar-refractivity contribution in [2.45, 2.75) is 12.5 Å². The van der Waals surface area contributed by atoms with E-state index in [0.717, 1.165) is 11.8 Å². The number of benzene rings is 2. The van der Waals surface area contributed by atoms with E-state index in [1.807, 2.05) is 0 Å². The molecule has 0 spiro atoms. The van der Waals surface area contributed by atoms with Gasteiger partial charge in [0.1, 0.15) is 6.04 Å². The summed E-state index contributed by atoms with van der Waals surface area (Å²) in [5, 5.41) is 2.68. The number of hydrogen-bond acceptors (Lipinski definition) is 4. The van der Waals surface area contributed by atoms with E-state index in [2.05, 4.69) is 15.3 Å². The molecule has 2 N–H and O–H groups in total. The lowest BCUT2D eigenvalue weighted by molar-refractivity contribution is 0.0602. The number of urea groups is 1. The fraction of sp³-hybridized carbons (Fsp3) is 0.190. The Bertz CT molecular complexity index is 1120. The number of amides is 2. The van der Waals surface area contributed by atoms with Gasteiger partial charge in [-0.1, -0.05) is 24.3 Å². The number of hydrogen-bond donors (Lipinski definition) is 2. The molecular weight excluding hydrogens is 394 g/mol. The number of ether oxygens (including phenoxy) is 1. The van der Waals surface area contributed by atoms with E-state index >= 15 is 0 Å². The zero-order valence-corrected chi connectivity index (χ0v) is 16.0. The van der Waals surface area contributed by atoms with E-state index in [1.165, 1.54) is 36.5 Å². The second kappa shape index (κ2) is 7.94. The van der Waals surface area contributed by atoms with Crippen LogP contribution in [0.15, 0.2) is 48.8 Å². The third kappa shape index (κ3) is 3.38. The van der Waals surface area contributed by atoms with Gasteiger partial charge in [-0.25, -0.2) is 23.4 Å². The molecule has 7 nitrogen and oxygen atoms in total. The Morgan fingerprint density at radius 1 is 1.20 bits per heavy atom. The molecule has 2 heterocycles. The van der Waals surface area contributed by atoms with Gasteiger partial charge in [0.2, 0.25) is 0 Å². The zero-order chi connectivity index (χ0) is 21.3. The molecule has 1 aliphatic heterocycles. The van der Waals surface area contributed by atoms with E-state index in [0.29, 0.717) is 12.1 Å². The van der Waals surface area contributed by atoms with E-state index in [1.54, 1.807) is 18.2 Å². The highest BCUT2D eigenvalue weighted by Gasteiger charge is 2.36. The lowest BCUT2D eigenvalue weighted by Crippen LogP contribution is -2.43. The molecule has 2 amide bonds. The molecule has 1 unspecified atom stereocenters. The first kappa shape index (κ1) is 19.6. The van der Waals surface area contributed by atoms with Crippen molar-refractivity contribution in [1.82, 2.24) is 14.9 Å². The average molecular weight is 412 g/mol. The number of aromatic nitrogens is 2. The van der Waals surface area contributed by atoms with Gasteiger partial charge in [0, 0.05) is 24.2 Å². The van der Waals surface area contributed by atoms with Crippen LogP contribution in [0.2, 0.25) is 0 Å². The van der Waals surface area contributed by atoms with Gasteiger partial charge in [0.15, 0.2) is 11.6 Å². The predicted molar refractivity (Wildman–Crippen MR) is 104 cm³/mol. The summed E-state index contributed by atoms with van der Waals surface area (Å²) in [6.45, 7) is 0.238. The summed E-state index contributed by atoms with van der Waals surface area (Å²) in [5.41, 5.74) is 1.63. The van der Waals surface area contributed by atoms with Gasteiger partial charge in [-0.2, -0.15) is 0 Å². The van der Waals surface area contributed by atoms with Gasteiger partial charge in [-0.15, -0.1) is 0 Å². The first-order valence-corrected chi connectivity index (χ1v) is 9.22.